The van der Waals surface area contributed by atoms with Crippen molar-refractivity contribution in [2.24, 2.45) is 0 Å². The lowest BCUT2D eigenvalue weighted by Gasteiger charge is -2.21. The van der Waals surface area contributed by atoms with Gasteiger partial charge in [-0.25, -0.2) is 9.18 Å². The molecule has 0 saturated heterocycles. The van der Waals surface area contributed by atoms with Crippen LogP contribution in [0.25, 0.3) is 0 Å². The summed E-state index contributed by atoms with van der Waals surface area (Å²) in [5.74, 6) is -1.01. The molecule has 0 amide bonds. The maximum atomic E-state index is 13.3. The van der Waals surface area contributed by atoms with Crippen LogP contribution in [0.2, 0.25) is 0 Å². The van der Waals surface area contributed by atoms with Gasteiger partial charge >= 0.3 is 5.97 Å². The van der Waals surface area contributed by atoms with Crippen LogP contribution in [0.4, 0.5) is 4.39 Å². The van der Waals surface area contributed by atoms with Crippen LogP contribution in [0.5, 0.6) is 0 Å². The predicted octanol–water partition coefficient (Wildman–Crippen LogP) is 1.70. The van der Waals surface area contributed by atoms with E-state index in [1.165, 1.54) is 19.2 Å². The molecule has 0 aromatic heterocycles. The van der Waals surface area contributed by atoms with E-state index in [9.17, 15) is 14.3 Å². The molecule has 1 aliphatic rings. The summed E-state index contributed by atoms with van der Waals surface area (Å²) in [5.41, 5.74) is 0.802. The van der Waals surface area contributed by atoms with Gasteiger partial charge in [0.15, 0.2) is 6.10 Å². The van der Waals surface area contributed by atoms with Crippen molar-refractivity contribution < 1.29 is 19.0 Å². The van der Waals surface area contributed by atoms with Gasteiger partial charge in [-0.05, 0) is 43.0 Å². The van der Waals surface area contributed by atoms with Crippen molar-refractivity contribution in [1.82, 2.24) is 0 Å². The first-order valence-electron chi connectivity index (χ1n) is 5.53. The monoisotopic (exact) mass is 238 g/mol. The summed E-state index contributed by atoms with van der Waals surface area (Å²) in [6, 6.07) is 4.61. The number of aliphatic hydroxyl groups excluding tert-OH is 1. The summed E-state index contributed by atoms with van der Waals surface area (Å²) in [6.45, 7) is 1.78. The smallest absolute Gasteiger partial charge is 0.335 e. The summed E-state index contributed by atoms with van der Waals surface area (Å²) < 4.78 is 17.9. The SMILES string of the molecule is COC(=O)C(O)C1(c2cc(C)cc(F)c2)CC1. The molecule has 1 fully saturated rings. The minimum atomic E-state index is -1.21. The average Bonchev–Trinajstić information content (AvgIpc) is 3.07. The van der Waals surface area contributed by atoms with E-state index in [0.717, 1.165) is 5.56 Å². The molecule has 4 heteroatoms. The van der Waals surface area contributed by atoms with Crippen LogP contribution in [-0.2, 0) is 14.9 Å². The van der Waals surface area contributed by atoms with Crippen molar-refractivity contribution in [2.75, 3.05) is 7.11 Å². The minimum absolute atomic E-state index is 0.344. The van der Waals surface area contributed by atoms with Crippen molar-refractivity contribution in [3.05, 3.63) is 35.1 Å². The topological polar surface area (TPSA) is 46.5 Å². The third kappa shape index (κ3) is 2.05. The van der Waals surface area contributed by atoms with Gasteiger partial charge in [0.05, 0.1) is 7.11 Å². The number of carbonyl (C=O) groups is 1. The molecule has 1 atom stereocenters. The number of methoxy groups -OCH3 is 1. The summed E-state index contributed by atoms with van der Waals surface area (Å²) in [4.78, 5) is 11.4. The third-order valence-corrected chi connectivity index (χ3v) is 3.35. The lowest BCUT2D eigenvalue weighted by molar-refractivity contribution is -0.152. The molecular weight excluding hydrogens is 223 g/mol. The Balaban J connectivity index is 2.35. The Bertz CT molecular complexity index is 432. The van der Waals surface area contributed by atoms with Gasteiger partial charge < -0.3 is 9.84 Å². The van der Waals surface area contributed by atoms with Crippen molar-refractivity contribution in [1.29, 1.82) is 0 Å². The minimum Gasteiger partial charge on any atom is -0.467 e. The second-order valence-corrected chi connectivity index (χ2v) is 4.60. The average molecular weight is 238 g/mol. The molecule has 1 N–H and O–H groups in total. The highest BCUT2D eigenvalue weighted by molar-refractivity contribution is 5.77. The molecule has 0 aliphatic heterocycles. The molecule has 0 heterocycles. The van der Waals surface area contributed by atoms with Gasteiger partial charge in [-0.1, -0.05) is 6.07 Å². The van der Waals surface area contributed by atoms with E-state index in [0.29, 0.717) is 18.4 Å². The van der Waals surface area contributed by atoms with Crippen LogP contribution in [0.1, 0.15) is 24.0 Å². The van der Waals surface area contributed by atoms with E-state index in [1.54, 1.807) is 6.92 Å². The predicted molar refractivity (Wildman–Crippen MR) is 60.1 cm³/mol. The first-order valence-corrected chi connectivity index (χ1v) is 5.53. The maximum absolute atomic E-state index is 13.3. The number of hydrogen-bond donors (Lipinski definition) is 1. The van der Waals surface area contributed by atoms with Gasteiger partial charge in [0.2, 0.25) is 0 Å². The van der Waals surface area contributed by atoms with Gasteiger partial charge in [0.1, 0.15) is 5.82 Å². The Hall–Kier alpha value is -1.42. The zero-order valence-electron chi connectivity index (χ0n) is 9.87. The van der Waals surface area contributed by atoms with E-state index in [2.05, 4.69) is 4.74 Å². The lowest BCUT2D eigenvalue weighted by Crippen LogP contribution is -2.35. The van der Waals surface area contributed by atoms with Crippen LogP contribution < -0.4 is 0 Å². The molecule has 0 radical (unpaired) electrons. The molecule has 0 spiro atoms. The first kappa shape index (κ1) is 12.0. The number of esters is 1. The molecule has 1 unspecified atom stereocenters. The molecule has 17 heavy (non-hydrogen) atoms. The largest absolute Gasteiger partial charge is 0.467 e. The van der Waals surface area contributed by atoms with E-state index in [4.69, 9.17) is 0 Å². The van der Waals surface area contributed by atoms with Crippen LogP contribution in [0, 0.1) is 12.7 Å². The number of carbonyl (C=O) groups excluding carboxylic acids is 1. The number of aryl methyl sites for hydroxylation is 1. The highest BCUT2D eigenvalue weighted by Gasteiger charge is 2.54. The standard InChI is InChI=1S/C13H15FO3/c1-8-5-9(7-10(14)6-8)13(3-4-13)11(15)12(16)17-2/h5-7,11,15H,3-4H2,1-2H3. The Labute approximate surface area is 99.2 Å². The Kier molecular flexibility index (Phi) is 2.91. The summed E-state index contributed by atoms with van der Waals surface area (Å²) >= 11 is 0. The van der Waals surface area contributed by atoms with Gasteiger partial charge in [0, 0.05) is 5.41 Å². The fourth-order valence-corrected chi connectivity index (χ4v) is 2.22. The van der Waals surface area contributed by atoms with E-state index < -0.39 is 17.5 Å². The van der Waals surface area contributed by atoms with E-state index in [-0.39, 0.29) is 5.82 Å². The second kappa shape index (κ2) is 4.11. The molecular formula is C13H15FO3. The maximum Gasteiger partial charge on any atom is 0.335 e. The van der Waals surface area contributed by atoms with Gasteiger partial charge in [-0.15, -0.1) is 0 Å². The van der Waals surface area contributed by atoms with Crippen LogP contribution in [0.15, 0.2) is 18.2 Å². The molecule has 2 rings (SSSR count). The Morgan fingerprint density at radius 1 is 1.47 bits per heavy atom. The van der Waals surface area contributed by atoms with Crippen molar-refractivity contribution in [3.63, 3.8) is 0 Å². The fourth-order valence-electron chi connectivity index (χ4n) is 2.22. The number of benzene rings is 1. The summed E-state index contributed by atoms with van der Waals surface area (Å²) in [6.07, 6.45) is 0.131. The van der Waals surface area contributed by atoms with Crippen LogP contribution in [0.3, 0.4) is 0 Å². The molecule has 1 saturated carbocycles. The highest BCUT2D eigenvalue weighted by Crippen LogP contribution is 2.51. The Morgan fingerprint density at radius 3 is 2.59 bits per heavy atom. The van der Waals surface area contributed by atoms with Gasteiger partial charge in [-0.3, -0.25) is 0 Å². The molecule has 3 nitrogen and oxygen atoms in total. The highest BCUT2D eigenvalue weighted by atomic mass is 19.1. The zero-order valence-corrected chi connectivity index (χ0v) is 9.87. The number of hydrogen-bond acceptors (Lipinski definition) is 3. The van der Waals surface area contributed by atoms with Gasteiger partial charge in [0.25, 0.3) is 0 Å². The molecule has 0 bridgehead atoms. The molecule has 1 aromatic rings. The number of halogens is 1. The Morgan fingerprint density at radius 2 is 2.12 bits per heavy atom. The quantitative estimate of drug-likeness (QED) is 0.815. The van der Waals surface area contributed by atoms with Crippen molar-refractivity contribution in [2.45, 2.75) is 31.3 Å². The van der Waals surface area contributed by atoms with E-state index >= 15 is 0 Å². The number of aliphatic hydroxyl groups is 1. The van der Waals surface area contributed by atoms with Crippen LogP contribution >= 0.6 is 0 Å². The van der Waals surface area contributed by atoms with Crippen molar-refractivity contribution in [3.8, 4) is 0 Å². The third-order valence-electron chi connectivity index (χ3n) is 3.35. The number of ether oxygens (including phenoxy) is 1. The fraction of sp³-hybridized carbons (Fsp3) is 0.462. The van der Waals surface area contributed by atoms with Crippen molar-refractivity contribution >= 4 is 5.97 Å². The summed E-state index contributed by atoms with van der Waals surface area (Å²) in [7, 11) is 1.23. The number of rotatable bonds is 3. The second-order valence-electron chi connectivity index (χ2n) is 4.60. The molecule has 92 valence electrons. The van der Waals surface area contributed by atoms with E-state index in [1.807, 2.05) is 6.07 Å². The lowest BCUT2D eigenvalue weighted by atomic mass is 9.89. The zero-order chi connectivity index (χ0) is 12.6. The normalized spacial score (nSPS) is 18.6. The van der Waals surface area contributed by atoms with Crippen LogP contribution in [-0.4, -0.2) is 24.3 Å². The molecule has 1 aliphatic carbocycles. The molecule has 1 aromatic carbocycles. The van der Waals surface area contributed by atoms with Gasteiger partial charge in [-0.2, -0.15) is 0 Å². The summed E-state index contributed by atoms with van der Waals surface area (Å²) in [5, 5.41) is 9.95. The first-order chi connectivity index (χ1) is 7.99.